The van der Waals surface area contributed by atoms with Gasteiger partial charge in [0.05, 0.1) is 5.69 Å². The molecular formula is C15H21N3O3. The number of nitrogens with one attached hydrogen (secondary N) is 1. The van der Waals surface area contributed by atoms with Gasteiger partial charge in [-0.25, -0.2) is 9.69 Å². The van der Waals surface area contributed by atoms with Crippen molar-refractivity contribution in [2.24, 2.45) is 5.92 Å². The maximum Gasteiger partial charge on any atom is 0.328 e. The van der Waals surface area contributed by atoms with Crippen molar-refractivity contribution in [3.05, 3.63) is 24.3 Å². The zero-order chi connectivity index (χ0) is 15.2. The average Bonchev–Trinajstić information content (AvgIpc) is 2.46. The van der Waals surface area contributed by atoms with Gasteiger partial charge in [-0.05, 0) is 37.0 Å². The molecule has 114 valence electrons. The first kappa shape index (κ1) is 15.3. The summed E-state index contributed by atoms with van der Waals surface area (Å²) in [5.74, 6) is 0.0578. The van der Waals surface area contributed by atoms with Crippen LogP contribution in [0.5, 0.6) is 0 Å². The molecule has 2 rings (SSSR count). The van der Waals surface area contributed by atoms with Crippen LogP contribution < -0.4 is 16.0 Å². The Bertz CT molecular complexity index is 513. The lowest BCUT2D eigenvalue weighted by atomic mass is 10.0. The van der Waals surface area contributed by atoms with Gasteiger partial charge in [0.25, 0.3) is 0 Å². The van der Waals surface area contributed by atoms with Crippen LogP contribution in [-0.2, 0) is 9.53 Å². The van der Waals surface area contributed by atoms with Gasteiger partial charge in [-0.3, -0.25) is 4.79 Å². The number of hydrogen-bond acceptors (Lipinski definition) is 4. The fourth-order valence-electron chi connectivity index (χ4n) is 2.37. The van der Waals surface area contributed by atoms with Crippen molar-refractivity contribution >= 4 is 23.3 Å². The Labute approximate surface area is 124 Å². The highest BCUT2D eigenvalue weighted by Gasteiger charge is 2.22. The second-order valence-electron chi connectivity index (χ2n) is 5.19. The van der Waals surface area contributed by atoms with E-state index >= 15 is 0 Å². The lowest BCUT2D eigenvalue weighted by Gasteiger charge is -2.25. The van der Waals surface area contributed by atoms with Crippen LogP contribution in [0.3, 0.4) is 0 Å². The van der Waals surface area contributed by atoms with Crippen LogP contribution in [0.2, 0.25) is 0 Å². The molecule has 1 aliphatic heterocycles. The Kier molecular flexibility index (Phi) is 5.16. The number of nitrogen functional groups attached to an aromatic ring is 1. The number of urea groups is 1. The minimum Gasteiger partial charge on any atom is -0.399 e. The molecule has 3 amide bonds. The summed E-state index contributed by atoms with van der Waals surface area (Å²) in [7, 11) is 0. The minimum atomic E-state index is -0.417. The second-order valence-corrected chi connectivity index (χ2v) is 5.19. The van der Waals surface area contributed by atoms with E-state index in [1.165, 1.54) is 6.92 Å². The Balaban J connectivity index is 2.00. The van der Waals surface area contributed by atoms with Crippen molar-refractivity contribution in [2.45, 2.75) is 19.8 Å². The summed E-state index contributed by atoms with van der Waals surface area (Å²) in [4.78, 5) is 25.1. The molecule has 0 bridgehead atoms. The zero-order valence-electron chi connectivity index (χ0n) is 12.2. The smallest absolute Gasteiger partial charge is 0.328 e. The third-order valence-corrected chi connectivity index (χ3v) is 3.53. The van der Waals surface area contributed by atoms with Crippen LogP contribution >= 0.6 is 0 Å². The van der Waals surface area contributed by atoms with E-state index in [1.54, 1.807) is 24.3 Å². The number of hydrogen-bond donors (Lipinski definition) is 2. The van der Waals surface area contributed by atoms with Gasteiger partial charge in [0.2, 0.25) is 5.91 Å². The minimum absolute atomic E-state index is 0.343. The van der Waals surface area contributed by atoms with Gasteiger partial charge in [0, 0.05) is 32.4 Å². The summed E-state index contributed by atoms with van der Waals surface area (Å²) < 4.78 is 5.28. The summed E-state index contributed by atoms with van der Waals surface area (Å²) in [5, 5.41) is 2.82. The number of imide groups is 1. The van der Waals surface area contributed by atoms with E-state index in [2.05, 4.69) is 5.32 Å². The van der Waals surface area contributed by atoms with Crippen LogP contribution in [0.15, 0.2) is 24.3 Å². The first-order valence-electron chi connectivity index (χ1n) is 7.09. The number of amides is 3. The van der Waals surface area contributed by atoms with Gasteiger partial charge in [-0.2, -0.15) is 0 Å². The maximum atomic E-state index is 12.3. The third kappa shape index (κ3) is 4.19. The molecular weight excluding hydrogens is 270 g/mol. The average molecular weight is 291 g/mol. The monoisotopic (exact) mass is 291 g/mol. The second kappa shape index (κ2) is 7.08. The van der Waals surface area contributed by atoms with E-state index in [9.17, 15) is 9.59 Å². The SMILES string of the molecule is CC(=O)N(C(=O)NCC1CCOCC1)c1cccc(N)c1. The molecule has 1 aromatic rings. The van der Waals surface area contributed by atoms with Crippen LogP contribution in [0.4, 0.5) is 16.2 Å². The number of benzene rings is 1. The Morgan fingerprint density at radius 2 is 2.10 bits per heavy atom. The number of carbonyl (C=O) groups excluding carboxylic acids is 2. The molecule has 1 aliphatic rings. The van der Waals surface area contributed by atoms with Gasteiger partial charge in [-0.1, -0.05) is 6.07 Å². The first-order valence-corrected chi connectivity index (χ1v) is 7.09. The molecule has 21 heavy (non-hydrogen) atoms. The van der Waals surface area contributed by atoms with Gasteiger partial charge in [-0.15, -0.1) is 0 Å². The molecule has 0 saturated carbocycles. The van der Waals surface area contributed by atoms with Crippen molar-refractivity contribution < 1.29 is 14.3 Å². The number of rotatable bonds is 3. The molecule has 6 nitrogen and oxygen atoms in total. The third-order valence-electron chi connectivity index (χ3n) is 3.53. The number of carbonyl (C=O) groups is 2. The molecule has 3 N–H and O–H groups in total. The van der Waals surface area contributed by atoms with Gasteiger partial charge in [0.1, 0.15) is 0 Å². The first-order chi connectivity index (χ1) is 10.1. The molecule has 1 aromatic carbocycles. The lowest BCUT2D eigenvalue weighted by Crippen LogP contribution is -2.45. The standard InChI is InChI=1S/C15H21N3O3/c1-11(19)18(14-4-2-3-13(16)9-14)15(20)17-10-12-5-7-21-8-6-12/h2-4,9,12H,5-8,10,16H2,1H3,(H,17,20). The Morgan fingerprint density at radius 3 is 2.71 bits per heavy atom. The number of nitrogens with zero attached hydrogens (tertiary/aromatic N) is 1. The number of ether oxygens (including phenoxy) is 1. The van der Waals surface area contributed by atoms with E-state index < -0.39 is 6.03 Å². The molecule has 0 aliphatic carbocycles. The van der Waals surface area contributed by atoms with Crippen molar-refractivity contribution in [2.75, 3.05) is 30.4 Å². The van der Waals surface area contributed by atoms with Gasteiger partial charge < -0.3 is 15.8 Å². The van der Waals surface area contributed by atoms with E-state index in [0.717, 1.165) is 31.0 Å². The highest BCUT2D eigenvalue weighted by Crippen LogP contribution is 2.18. The molecule has 6 heteroatoms. The van der Waals surface area contributed by atoms with Crippen LogP contribution in [0.25, 0.3) is 0 Å². The normalized spacial score (nSPS) is 15.5. The van der Waals surface area contributed by atoms with Crippen LogP contribution in [0, 0.1) is 5.92 Å². The molecule has 1 fully saturated rings. The number of anilines is 2. The molecule has 0 aromatic heterocycles. The van der Waals surface area contributed by atoms with E-state index in [0.29, 0.717) is 23.8 Å². The Hall–Kier alpha value is -2.08. The molecule has 0 spiro atoms. The maximum absolute atomic E-state index is 12.3. The highest BCUT2D eigenvalue weighted by atomic mass is 16.5. The quantitative estimate of drug-likeness (QED) is 0.831. The van der Waals surface area contributed by atoms with Gasteiger partial charge >= 0.3 is 6.03 Å². The van der Waals surface area contributed by atoms with Crippen LogP contribution in [-0.4, -0.2) is 31.7 Å². The van der Waals surface area contributed by atoms with E-state index in [1.807, 2.05) is 0 Å². The predicted octanol–water partition coefficient (Wildman–Crippen LogP) is 1.76. The summed E-state index contributed by atoms with van der Waals surface area (Å²) in [6, 6.07) is 6.30. The summed E-state index contributed by atoms with van der Waals surface area (Å²) in [6.45, 7) is 3.36. The summed E-state index contributed by atoms with van der Waals surface area (Å²) in [6.07, 6.45) is 1.86. The van der Waals surface area contributed by atoms with Crippen molar-refractivity contribution in [3.8, 4) is 0 Å². The highest BCUT2D eigenvalue weighted by molar-refractivity contribution is 6.13. The molecule has 0 radical (unpaired) electrons. The fourth-order valence-corrected chi connectivity index (χ4v) is 2.37. The summed E-state index contributed by atoms with van der Waals surface area (Å²) >= 11 is 0. The Morgan fingerprint density at radius 1 is 1.38 bits per heavy atom. The summed E-state index contributed by atoms with van der Waals surface area (Å²) in [5.41, 5.74) is 6.69. The molecule has 1 heterocycles. The predicted molar refractivity (Wildman–Crippen MR) is 81.0 cm³/mol. The zero-order valence-corrected chi connectivity index (χ0v) is 12.2. The fraction of sp³-hybridized carbons (Fsp3) is 0.467. The molecule has 0 unspecified atom stereocenters. The molecule has 1 saturated heterocycles. The van der Waals surface area contributed by atoms with Gasteiger partial charge in [0.15, 0.2) is 0 Å². The lowest BCUT2D eigenvalue weighted by molar-refractivity contribution is -0.115. The number of nitrogens with two attached hydrogens (primary N) is 1. The largest absolute Gasteiger partial charge is 0.399 e. The topological polar surface area (TPSA) is 84.7 Å². The van der Waals surface area contributed by atoms with Crippen molar-refractivity contribution in [1.29, 1.82) is 0 Å². The van der Waals surface area contributed by atoms with Crippen LogP contribution in [0.1, 0.15) is 19.8 Å². The van der Waals surface area contributed by atoms with Crippen molar-refractivity contribution in [1.82, 2.24) is 5.32 Å². The van der Waals surface area contributed by atoms with E-state index in [4.69, 9.17) is 10.5 Å². The van der Waals surface area contributed by atoms with Crippen molar-refractivity contribution in [3.63, 3.8) is 0 Å². The molecule has 0 atom stereocenters. The van der Waals surface area contributed by atoms with E-state index in [-0.39, 0.29) is 5.91 Å².